The summed E-state index contributed by atoms with van der Waals surface area (Å²) in [6.07, 6.45) is 6.01. The van der Waals surface area contributed by atoms with Crippen LogP contribution in [0.2, 0.25) is 0 Å². The van der Waals surface area contributed by atoms with Crippen molar-refractivity contribution in [3.8, 4) is 5.69 Å². The van der Waals surface area contributed by atoms with Crippen molar-refractivity contribution >= 4 is 28.6 Å². The highest BCUT2D eigenvalue weighted by Crippen LogP contribution is 2.59. The fraction of sp³-hybridized carbons (Fsp3) is 0.308. The summed E-state index contributed by atoms with van der Waals surface area (Å²) in [5.41, 5.74) is 2.76. The summed E-state index contributed by atoms with van der Waals surface area (Å²) in [4.78, 5) is 39.8. The Balaban J connectivity index is 1.04. The standard InChI is InChI=1S/C26H25N5O4/c32-23(17-30-21-4-1-2-5-22(21)35-25(30)34)29-14-10-26(11-15-29)16-20(26)24(33)28-18-6-8-19(9-7-18)31-13-3-12-27-31/h1-9,12-13,20H,10-11,14-17H2,(H,28,33). The van der Waals surface area contributed by atoms with Crippen LogP contribution in [0.25, 0.3) is 16.8 Å². The molecule has 1 saturated carbocycles. The van der Waals surface area contributed by atoms with Crippen molar-refractivity contribution in [3.63, 3.8) is 0 Å². The Kier molecular flexibility index (Phi) is 5.05. The lowest BCUT2D eigenvalue weighted by Gasteiger charge is -2.33. The van der Waals surface area contributed by atoms with E-state index >= 15 is 0 Å². The number of likely N-dealkylation sites (tertiary alicyclic amines) is 1. The molecule has 0 bridgehead atoms. The maximum Gasteiger partial charge on any atom is 0.420 e. The van der Waals surface area contributed by atoms with Gasteiger partial charge >= 0.3 is 5.76 Å². The minimum absolute atomic E-state index is 0.0327. The highest BCUT2D eigenvalue weighted by atomic mass is 16.4. The zero-order valence-electron chi connectivity index (χ0n) is 19.1. The molecule has 3 heterocycles. The SMILES string of the molecule is O=C(Nc1ccc(-n2cccn2)cc1)C1CC12CCN(C(=O)Cn1c(=O)oc3ccccc31)CC2. The number of carbonyl (C=O) groups excluding carboxylic acids is 2. The first-order valence-electron chi connectivity index (χ1n) is 11.8. The topological polar surface area (TPSA) is 102 Å². The molecule has 6 rings (SSSR count). The fourth-order valence-electron chi connectivity index (χ4n) is 5.22. The van der Waals surface area contributed by atoms with E-state index in [0.717, 1.165) is 30.6 Å². The molecule has 9 heteroatoms. The Morgan fingerprint density at radius 3 is 2.57 bits per heavy atom. The van der Waals surface area contributed by atoms with Gasteiger partial charge in [0.25, 0.3) is 0 Å². The number of aromatic nitrogens is 3. The maximum absolute atomic E-state index is 12.9. The zero-order valence-corrected chi connectivity index (χ0v) is 19.1. The van der Waals surface area contributed by atoms with E-state index in [1.807, 2.05) is 42.6 Å². The molecule has 4 aromatic rings. The molecule has 2 fully saturated rings. The molecule has 1 spiro atoms. The number of fused-ring (bicyclic) bond motifs is 1. The third-order valence-corrected chi connectivity index (χ3v) is 7.39. The van der Waals surface area contributed by atoms with Crippen molar-refractivity contribution in [2.75, 3.05) is 18.4 Å². The summed E-state index contributed by atoms with van der Waals surface area (Å²) in [5, 5.41) is 7.25. The molecule has 1 saturated heterocycles. The molecular weight excluding hydrogens is 446 g/mol. The van der Waals surface area contributed by atoms with Crippen LogP contribution in [-0.4, -0.2) is 44.2 Å². The molecule has 0 radical (unpaired) electrons. The average molecular weight is 472 g/mol. The largest absolute Gasteiger partial charge is 0.420 e. The zero-order chi connectivity index (χ0) is 24.0. The van der Waals surface area contributed by atoms with Crippen LogP contribution in [0.5, 0.6) is 0 Å². The molecule has 9 nitrogen and oxygen atoms in total. The number of hydrogen-bond donors (Lipinski definition) is 1. The molecule has 2 aromatic carbocycles. The van der Waals surface area contributed by atoms with Gasteiger partial charge in [-0.05, 0) is 67.1 Å². The average Bonchev–Trinajstić information content (AvgIpc) is 3.19. The van der Waals surface area contributed by atoms with Gasteiger partial charge in [0.2, 0.25) is 11.8 Å². The number of rotatable bonds is 5. The first-order chi connectivity index (χ1) is 17.0. The third kappa shape index (κ3) is 3.92. The molecule has 178 valence electrons. The van der Waals surface area contributed by atoms with E-state index in [-0.39, 0.29) is 29.7 Å². The lowest BCUT2D eigenvalue weighted by atomic mass is 9.90. The molecular formula is C26H25N5O4. The molecule has 35 heavy (non-hydrogen) atoms. The number of anilines is 1. The second kappa shape index (κ2) is 8.26. The fourth-order valence-corrected chi connectivity index (χ4v) is 5.22. The van der Waals surface area contributed by atoms with Crippen LogP contribution in [0.4, 0.5) is 5.69 Å². The summed E-state index contributed by atoms with van der Waals surface area (Å²) in [6, 6.07) is 16.6. The van der Waals surface area contributed by atoms with Gasteiger partial charge in [-0.15, -0.1) is 0 Å². The molecule has 2 aliphatic rings. The van der Waals surface area contributed by atoms with Crippen LogP contribution in [0.1, 0.15) is 19.3 Å². The van der Waals surface area contributed by atoms with E-state index in [1.54, 1.807) is 34.0 Å². The summed E-state index contributed by atoms with van der Waals surface area (Å²) < 4.78 is 8.38. The molecule has 2 aromatic heterocycles. The van der Waals surface area contributed by atoms with Crippen LogP contribution in [0.15, 0.2) is 76.2 Å². The Hall–Kier alpha value is -4.14. The number of oxazole rings is 1. The third-order valence-electron chi connectivity index (χ3n) is 7.39. The van der Waals surface area contributed by atoms with Crippen molar-refractivity contribution < 1.29 is 14.0 Å². The smallest absolute Gasteiger partial charge is 0.408 e. The van der Waals surface area contributed by atoms with E-state index in [9.17, 15) is 14.4 Å². The van der Waals surface area contributed by atoms with Crippen molar-refractivity contribution in [1.82, 2.24) is 19.2 Å². The van der Waals surface area contributed by atoms with Gasteiger partial charge in [-0.25, -0.2) is 9.48 Å². The lowest BCUT2D eigenvalue weighted by Crippen LogP contribution is -2.42. The van der Waals surface area contributed by atoms with E-state index in [2.05, 4.69) is 10.4 Å². The number of nitrogens with zero attached hydrogens (tertiary/aromatic N) is 4. The van der Waals surface area contributed by atoms with Gasteiger partial charge < -0.3 is 14.6 Å². The Morgan fingerprint density at radius 2 is 1.83 bits per heavy atom. The Bertz CT molecular complexity index is 1440. The molecule has 1 N–H and O–H groups in total. The number of piperidine rings is 1. The molecule has 1 atom stereocenters. The van der Waals surface area contributed by atoms with Crippen LogP contribution in [-0.2, 0) is 16.1 Å². The van der Waals surface area contributed by atoms with Crippen molar-refractivity contribution in [1.29, 1.82) is 0 Å². The summed E-state index contributed by atoms with van der Waals surface area (Å²) in [6.45, 7) is 1.14. The number of hydrogen-bond acceptors (Lipinski definition) is 5. The number of carbonyl (C=O) groups is 2. The maximum atomic E-state index is 12.9. The summed E-state index contributed by atoms with van der Waals surface area (Å²) >= 11 is 0. The number of para-hydroxylation sites is 2. The second-order valence-corrected chi connectivity index (χ2v) is 9.41. The van der Waals surface area contributed by atoms with E-state index in [4.69, 9.17) is 4.42 Å². The molecule has 2 amide bonds. The van der Waals surface area contributed by atoms with Crippen molar-refractivity contribution in [3.05, 3.63) is 77.5 Å². The summed E-state index contributed by atoms with van der Waals surface area (Å²) in [7, 11) is 0. The van der Waals surface area contributed by atoms with Crippen LogP contribution in [0.3, 0.4) is 0 Å². The minimum Gasteiger partial charge on any atom is -0.408 e. The van der Waals surface area contributed by atoms with Gasteiger partial charge in [0.1, 0.15) is 6.54 Å². The Morgan fingerprint density at radius 1 is 1.06 bits per heavy atom. The molecule has 1 aliphatic heterocycles. The second-order valence-electron chi connectivity index (χ2n) is 9.41. The first-order valence-corrected chi connectivity index (χ1v) is 11.8. The number of nitrogens with one attached hydrogen (secondary N) is 1. The number of amides is 2. The van der Waals surface area contributed by atoms with Gasteiger partial charge in [-0.3, -0.25) is 14.2 Å². The van der Waals surface area contributed by atoms with Crippen molar-refractivity contribution in [2.24, 2.45) is 11.3 Å². The Labute approximate surface area is 200 Å². The van der Waals surface area contributed by atoms with E-state index in [0.29, 0.717) is 24.2 Å². The van der Waals surface area contributed by atoms with Crippen molar-refractivity contribution in [2.45, 2.75) is 25.8 Å². The van der Waals surface area contributed by atoms with E-state index in [1.165, 1.54) is 4.57 Å². The highest BCUT2D eigenvalue weighted by Gasteiger charge is 2.58. The van der Waals surface area contributed by atoms with Gasteiger partial charge in [0, 0.05) is 37.1 Å². The van der Waals surface area contributed by atoms with Gasteiger partial charge in [-0.2, -0.15) is 5.10 Å². The van der Waals surface area contributed by atoms with Gasteiger partial charge in [0.05, 0.1) is 11.2 Å². The summed E-state index contributed by atoms with van der Waals surface area (Å²) in [5.74, 6) is -0.629. The predicted octanol–water partition coefficient (Wildman–Crippen LogP) is 3.05. The molecule has 1 unspecified atom stereocenters. The molecule has 1 aliphatic carbocycles. The minimum atomic E-state index is -0.524. The predicted molar refractivity (Wildman–Crippen MR) is 129 cm³/mol. The highest BCUT2D eigenvalue weighted by molar-refractivity contribution is 5.95. The van der Waals surface area contributed by atoms with E-state index < -0.39 is 5.76 Å². The van der Waals surface area contributed by atoms with Crippen LogP contribution in [0, 0.1) is 11.3 Å². The monoisotopic (exact) mass is 471 g/mol. The normalized spacial score (nSPS) is 18.6. The lowest BCUT2D eigenvalue weighted by molar-refractivity contribution is -0.133. The van der Waals surface area contributed by atoms with Crippen LogP contribution < -0.4 is 11.1 Å². The first kappa shape index (κ1) is 21.4. The quantitative estimate of drug-likeness (QED) is 0.482. The number of benzene rings is 2. The van der Waals surface area contributed by atoms with Gasteiger partial charge in [0.15, 0.2) is 5.58 Å². The van der Waals surface area contributed by atoms with Gasteiger partial charge in [-0.1, -0.05) is 12.1 Å². The van der Waals surface area contributed by atoms with Crippen LogP contribution >= 0.6 is 0 Å².